The van der Waals surface area contributed by atoms with Crippen LogP contribution in [0, 0.1) is 5.41 Å². The van der Waals surface area contributed by atoms with Crippen LogP contribution >= 0.6 is 0 Å². The Morgan fingerprint density at radius 3 is 2.85 bits per heavy atom. The van der Waals surface area contributed by atoms with Crippen LogP contribution in [0.15, 0.2) is 0 Å². The first-order chi connectivity index (χ1) is 6.20. The van der Waals surface area contributed by atoms with Gasteiger partial charge in [-0.15, -0.1) is 0 Å². The first-order valence-corrected chi connectivity index (χ1v) is 5.14. The summed E-state index contributed by atoms with van der Waals surface area (Å²) in [6.45, 7) is 6.76. The van der Waals surface area contributed by atoms with Crippen LogP contribution < -0.4 is 0 Å². The van der Waals surface area contributed by atoms with E-state index in [0.29, 0.717) is 6.10 Å². The molecule has 3 heteroatoms. The smallest absolute Gasteiger partial charge is 0.0958 e. The predicted molar refractivity (Wildman–Crippen MR) is 54.2 cm³/mol. The summed E-state index contributed by atoms with van der Waals surface area (Å²) in [6, 6.07) is 0. The maximum absolute atomic E-state index is 7.70. The molecule has 1 fully saturated rings. The second-order valence-corrected chi connectivity index (χ2v) is 3.81. The second kappa shape index (κ2) is 5.22. The van der Waals surface area contributed by atoms with Gasteiger partial charge in [0.2, 0.25) is 0 Å². The van der Waals surface area contributed by atoms with Crippen molar-refractivity contribution in [3.63, 3.8) is 0 Å². The average molecular weight is 184 g/mol. The molecule has 13 heavy (non-hydrogen) atoms. The topological polar surface area (TPSA) is 36.3 Å². The molecule has 0 bridgehead atoms. The van der Waals surface area contributed by atoms with Crippen molar-refractivity contribution in [3.05, 3.63) is 0 Å². The van der Waals surface area contributed by atoms with E-state index in [4.69, 9.17) is 10.1 Å². The Hall–Kier alpha value is -0.570. The summed E-state index contributed by atoms with van der Waals surface area (Å²) in [5, 5.41) is 7.70. The molecule has 0 spiro atoms. The van der Waals surface area contributed by atoms with E-state index in [0.717, 1.165) is 32.0 Å². The maximum atomic E-state index is 7.70. The number of rotatable bonds is 4. The van der Waals surface area contributed by atoms with Gasteiger partial charge >= 0.3 is 0 Å². The molecule has 0 amide bonds. The van der Waals surface area contributed by atoms with Gasteiger partial charge in [-0.05, 0) is 26.7 Å². The van der Waals surface area contributed by atoms with Crippen LogP contribution in [0.5, 0.6) is 0 Å². The van der Waals surface area contributed by atoms with Gasteiger partial charge in [0.1, 0.15) is 0 Å². The van der Waals surface area contributed by atoms with Gasteiger partial charge in [0.25, 0.3) is 0 Å². The van der Waals surface area contributed by atoms with Crippen molar-refractivity contribution in [2.24, 2.45) is 0 Å². The Morgan fingerprint density at radius 2 is 2.23 bits per heavy atom. The zero-order valence-electron chi connectivity index (χ0n) is 8.68. The fourth-order valence-electron chi connectivity index (χ4n) is 1.53. The molecule has 0 unspecified atom stereocenters. The van der Waals surface area contributed by atoms with E-state index in [2.05, 4.69) is 4.90 Å². The Kier molecular flexibility index (Phi) is 4.22. The summed E-state index contributed by atoms with van der Waals surface area (Å²) >= 11 is 0. The standard InChI is InChI=1S/C10H20N2O/c1-9(2)13-8-7-12-6-4-3-5-10(12)11/h9,11H,3-8H2,1-2H3. The van der Waals surface area contributed by atoms with Gasteiger partial charge in [0, 0.05) is 19.5 Å². The fraction of sp³-hybridized carbons (Fsp3) is 0.900. The van der Waals surface area contributed by atoms with E-state index >= 15 is 0 Å². The number of nitrogens with one attached hydrogen (secondary N) is 1. The number of likely N-dealkylation sites (tertiary alicyclic amines) is 1. The first-order valence-electron chi connectivity index (χ1n) is 5.14. The van der Waals surface area contributed by atoms with Gasteiger partial charge in [-0.2, -0.15) is 0 Å². The van der Waals surface area contributed by atoms with Crippen molar-refractivity contribution < 1.29 is 4.74 Å². The molecule has 1 aliphatic heterocycles. The largest absolute Gasteiger partial charge is 0.377 e. The molecule has 76 valence electrons. The highest BCUT2D eigenvalue weighted by Crippen LogP contribution is 2.10. The number of hydrogen-bond acceptors (Lipinski definition) is 2. The third-order valence-corrected chi connectivity index (χ3v) is 2.29. The molecule has 0 aromatic heterocycles. The molecule has 0 aromatic rings. The fourth-order valence-corrected chi connectivity index (χ4v) is 1.53. The second-order valence-electron chi connectivity index (χ2n) is 3.81. The van der Waals surface area contributed by atoms with E-state index in [9.17, 15) is 0 Å². The minimum absolute atomic E-state index is 0.305. The third-order valence-electron chi connectivity index (χ3n) is 2.29. The molecule has 1 aliphatic rings. The summed E-state index contributed by atoms with van der Waals surface area (Å²) < 4.78 is 5.45. The lowest BCUT2D eigenvalue weighted by Crippen LogP contribution is -2.37. The quantitative estimate of drug-likeness (QED) is 0.724. The molecule has 0 atom stereocenters. The molecule has 1 saturated heterocycles. The third kappa shape index (κ3) is 3.77. The molecule has 1 heterocycles. The Bertz CT molecular complexity index is 168. The number of amidine groups is 1. The predicted octanol–water partition coefficient (Wildman–Crippen LogP) is 1.87. The maximum Gasteiger partial charge on any atom is 0.0958 e. The number of nitrogens with zero attached hydrogens (tertiary/aromatic N) is 1. The van der Waals surface area contributed by atoms with Gasteiger partial charge in [-0.25, -0.2) is 0 Å². The van der Waals surface area contributed by atoms with Crippen LogP contribution in [0.2, 0.25) is 0 Å². The molecule has 3 nitrogen and oxygen atoms in total. The summed E-state index contributed by atoms with van der Waals surface area (Å²) in [5.74, 6) is 0.790. The van der Waals surface area contributed by atoms with Gasteiger partial charge in [0.15, 0.2) is 0 Å². The van der Waals surface area contributed by atoms with E-state index in [1.807, 2.05) is 13.8 Å². The van der Waals surface area contributed by atoms with Gasteiger partial charge in [-0.3, -0.25) is 5.41 Å². The number of piperidine rings is 1. The molecule has 1 N–H and O–H groups in total. The van der Waals surface area contributed by atoms with E-state index in [-0.39, 0.29) is 0 Å². The number of ether oxygens (including phenoxy) is 1. The van der Waals surface area contributed by atoms with Gasteiger partial charge < -0.3 is 9.64 Å². The van der Waals surface area contributed by atoms with Gasteiger partial charge in [0.05, 0.1) is 18.5 Å². The molecule has 0 aliphatic carbocycles. The molecule has 0 aromatic carbocycles. The van der Waals surface area contributed by atoms with Crippen LogP contribution in [0.3, 0.4) is 0 Å². The monoisotopic (exact) mass is 184 g/mol. The van der Waals surface area contributed by atoms with Crippen LogP contribution in [0.25, 0.3) is 0 Å². The van der Waals surface area contributed by atoms with Gasteiger partial charge in [-0.1, -0.05) is 0 Å². The van der Waals surface area contributed by atoms with Crippen LogP contribution in [0.4, 0.5) is 0 Å². The average Bonchev–Trinajstić information content (AvgIpc) is 2.08. The first kappa shape index (κ1) is 10.5. The number of hydrogen-bond donors (Lipinski definition) is 1. The zero-order valence-corrected chi connectivity index (χ0v) is 8.68. The van der Waals surface area contributed by atoms with Crippen molar-refractivity contribution in [2.75, 3.05) is 19.7 Å². The molecular weight excluding hydrogens is 164 g/mol. The van der Waals surface area contributed by atoms with E-state index in [1.54, 1.807) is 0 Å². The van der Waals surface area contributed by atoms with Crippen molar-refractivity contribution in [3.8, 4) is 0 Å². The Labute approximate surface area is 80.6 Å². The molecule has 0 radical (unpaired) electrons. The summed E-state index contributed by atoms with van der Waals surface area (Å²) in [6.07, 6.45) is 3.66. The molecule has 0 saturated carbocycles. The van der Waals surface area contributed by atoms with Crippen molar-refractivity contribution in [1.29, 1.82) is 5.41 Å². The highest BCUT2D eigenvalue weighted by molar-refractivity contribution is 5.79. The Morgan fingerprint density at radius 1 is 1.46 bits per heavy atom. The lowest BCUT2D eigenvalue weighted by Gasteiger charge is -2.29. The van der Waals surface area contributed by atoms with E-state index in [1.165, 1.54) is 12.8 Å². The van der Waals surface area contributed by atoms with E-state index < -0.39 is 0 Å². The highest BCUT2D eigenvalue weighted by atomic mass is 16.5. The zero-order chi connectivity index (χ0) is 9.68. The lowest BCUT2D eigenvalue weighted by molar-refractivity contribution is 0.0684. The normalized spacial score (nSPS) is 18.4. The van der Waals surface area contributed by atoms with Crippen molar-refractivity contribution >= 4 is 5.84 Å². The van der Waals surface area contributed by atoms with Crippen LogP contribution in [-0.2, 0) is 4.74 Å². The Balaban J connectivity index is 2.15. The van der Waals surface area contributed by atoms with Crippen molar-refractivity contribution in [2.45, 2.75) is 39.2 Å². The minimum atomic E-state index is 0.305. The molecule has 1 rings (SSSR count). The van der Waals surface area contributed by atoms with Crippen molar-refractivity contribution in [1.82, 2.24) is 4.90 Å². The summed E-state index contributed by atoms with van der Waals surface area (Å²) in [4.78, 5) is 2.13. The highest BCUT2D eigenvalue weighted by Gasteiger charge is 2.13. The summed E-state index contributed by atoms with van der Waals surface area (Å²) in [5.41, 5.74) is 0. The minimum Gasteiger partial charge on any atom is -0.377 e. The lowest BCUT2D eigenvalue weighted by atomic mass is 10.1. The van der Waals surface area contributed by atoms with Crippen LogP contribution in [0.1, 0.15) is 33.1 Å². The SMILES string of the molecule is CC(C)OCCN1CCCCC1=N. The molecular formula is C10H20N2O. The summed E-state index contributed by atoms with van der Waals surface area (Å²) in [7, 11) is 0. The van der Waals surface area contributed by atoms with Crippen LogP contribution in [-0.4, -0.2) is 36.5 Å².